The first kappa shape index (κ1) is 9.60. The fourth-order valence-electron chi connectivity index (χ4n) is 1.14. The zero-order valence-corrected chi connectivity index (χ0v) is 6.97. The molecule has 0 saturated carbocycles. The van der Waals surface area contributed by atoms with Gasteiger partial charge in [0.15, 0.2) is 0 Å². The Kier molecular flexibility index (Phi) is 6.45. The van der Waals surface area contributed by atoms with Crippen molar-refractivity contribution in [1.29, 1.82) is 0 Å². The van der Waals surface area contributed by atoms with Crippen LogP contribution in [0.1, 0.15) is 39.5 Å². The van der Waals surface area contributed by atoms with Crippen molar-refractivity contribution in [1.82, 2.24) is 0 Å². The van der Waals surface area contributed by atoms with Gasteiger partial charge in [-0.25, -0.2) is 0 Å². The molecule has 60 valence electrons. The summed E-state index contributed by atoms with van der Waals surface area (Å²) >= 11 is 0. The lowest BCUT2D eigenvalue weighted by Gasteiger charge is -2.06. The molecule has 0 aromatic carbocycles. The molecule has 2 nitrogen and oxygen atoms in total. The smallest absolute Gasteiger partial charge is 0.0811 e. The second-order valence-electron chi connectivity index (χ2n) is 2.89. The Morgan fingerprint density at radius 3 is 2.60 bits per heavy atom. The SMILES string of the molecule is CCCC(C)CCCN=O. The normalized spacial score (nSPS) is 13.0. The van der Waals surface area contributed by atoms with Crippen LogP contribution in [0.5, 0.6) is 0 Å². The number of nitrogens with zero attached hydrogens (tertiary/aromatic N) is 1. The molecule has 0 fully saturated rings. The molecule has 0 heterocycles. The maximum atomic E-state index is 9.69. The van der Waals surface area contributed by atoms with E-state index in [4.69, 9.17) is 0 Å². The van der Waals surface area contributed by atoms with E-state index in [0.29, 0.717) is 6.54 Å². The summed E-state index contributed by atoms with van der Waals surface area (Å²) in [7, 11) is 0. The molecule has 1 unspecified atom stereocenters. The Bertz CT molecular complexity index is 83.3. The average Bonchev–Trinajstić information content (AvgIpc) is 1.89. The lowest BCUT2D eigenvalue weighted by atomic mass is 10.0. The van der Waals surface area contributed by atoms with Gasteiger partial charge in [-0.05, 0) is 18.8 Å². The van der Waals surface area contributed by atoms with Crippen molar-refractivity contribution in [3.63, 3.8) is 0 Å². The number of hydrogen-bond acceptors (Lipinski definition) is 2. The van der Waals surface area contributed by atoms with Crippen LogP contribution in [-0.4, -0.2) is 6.54 Å². The molecule has 0 aliphatic heterocycles. The van der Waals surface area contributed by atoms with Crippen molar-refractivity contribution >= 4 is 0 Å². The molecule has 0 rings (SSSR count). The predicted octanol–water partition coefficient (Wildman–Crippen LogP) is 2.97. The van der Waals surface area contributed by atoms with Crippen LogP contribution < -0.4 is 0 Å². The van der Waals surface area contributed by atoms with Crippen molar-refractivity contribution in [3.8, 4) is 0 Å². The van der Waals surface area contributed by atoms with Gasteiger partial charge >= 0.3 is 0 Å². The largest absolute Gasteiger partial charge is 0.151 e. The zero-order valence-electron chi connectivity index (χ0n) is 6.97. The van der Waals surface area contributed by atoms with Gasteiger partial charge in [0, 0.05) is 0 Å². The first-order valence-electron chi connectivity index (χ1n) is 4.10. The monoisotopic (exact) mass is 143 g/mol. The Morgan fingerprint density at radius 2 is 2.10 bits per heavy atom. The molecule has 10 heavy (non-hydrogen) atoms. The third-order valence-electron chi connectivity index (χ3n) is 1.73. The molecular formula is C8H17NO. The average molecular weight is 143 g/mol. The van der Waals surface area contributed by atoms with E-state index in [1.54, 1.807) is 0 Å². The number of hydrogen-bond donors (Lipinski definition) is 0. The topological polar surface area (TPSA) is 29.4 Å². The molecule has 2 heteroatoms. The highest BCUT2D eigenvalue weighted by atomic mass is 16.3. The quantitative estimate of drug-likeness (QED) is 0.415. The highest BCUT2D eigenvalue weighted by Gasteiger charge is 1.98. The first-order valence-corrected chi connectivity index (χ1v) is 4.10. The van der Waals surface area contributed by atoms with Gasteiger partial charge in [0.25, 0.3) is 0 Å². The van der Waals surface area contributed by atoms with Gasteiger partial charge in [-0.1, -0.05) is 31.9 Å². The first-order chi connectivity index (χ1) is 4.81. The van der Waals surface area contributed by atoms with E-state index >= 15 is 0 Å². The van der Waals surface area contributed by atoms with Crippen LogP contribution in [0, 0.1) is 10.8 Å². The standard InChI is InChI=1S/C8H17NO/c1-3-5-8(2)6-4-7-9-10/h8H,3-7H2,1-2H3. The Hall–Kier alpha value is -0.400. The van der Waals surface area contributed by atoms with Crippen molar-refractivity contribution < 1.29 is 0 Å². The van der Waals surface area contributed by atoms with E-state index in [0.717, 1.165) is 18.8 Å². The summed E-state index contributed by atoms with van der Waals surface area (Å²) in [6.07, 6.45) is 4.64. The summed E-state index contributed by atoms with van der Waals surface area (Å²) in [5.74, 6) is 0.770. The van der Waals surface area contributed by atoms with Crippen LogP contribution in [-0.2, 0) is 0 Å². The molecule has 0 aromatic heterocycles. The molecule has 0 spiro atoms. The maximum Gasteiger partial charge on any atom is 0.0811 e. The van der Waals surface area contributed by atoms with Crippen molar-refractivity contribution in [2.45, 2.75) is 39.5 Å². The fraction of sp³-hybridized carbons (Fsp3) is 1.00. The summed E-state index contributed by atoms with van der Waals surface area (Å²) in [5.41, 5.74) is 0. The highest BCUT2D eigenvalue weighted by Crippen LogP contribution is 2.11. The minimum Gasteiger partial charge on any atom is -0.151 e. The zero-order chi connectivity index (χ0) is 7.82. The van der Waals surface area contributed by atoms with Gasteiger partial charge in [-0.2, -0.15) is 4.91 Å². The van der Waals surface area contributed by atoms with Gasteiger partial charge in [0.1, 0.15) is 0 Å². The molecular weight excluding hydrogens is 126 g/mol. The minimum absolute atomic E-state index is 0.494. The van der Waals surface area contributed by atoms with Crippen molar-refractivity contribution in [2.75, 3.05) is 6.54 Å². The number of rotatable bonds is 6. The summed E-state index contributed by atoms with van der Waals surface area (Å²) in [6, 6.07) is 0. The van der Waals surface area contributed by atoms with E-state index in [2.05, 4.69) is 19.0 Å². The third kappa shape index (κ3) is 5.73. The molecule has 0 aliphatic carbocycles. The van der Waals surface area contributed by atoms with Crippen LogP contribution in [0.25, 0.3) is 0 Å². The van der Waals surface area contributed by atoms with Crippen LogP contribution >= 0.6 is 0 Å². The molecule has 0 radical (unpaired) electrons. The van der Waals surface area contributed by atoms with Crippen LogP contribution in [0.15, 0.2) is 5.18 Å². The van der Waals surface area contributed by atoms with Crippen molar-refractivity contribution in [2.24, 2.45) is 11.1 Å². The Labute approximate surface area is 63.0 Å². The summed E-state index contributed by atoms with van der Waals surface area (Å²) in [6.45, 7) is 4.91. The van der Waals surface area contributed by atoms with Crippen LogP contribution in [0.3, 0.4) is 0 Å². The third-order valence-corrected chi connectivity index (χ3v) is 1.73. The summed E-state index contributed by atoms with van der Waals surface area (Å²) in [4.78, 5) is 9.69. The van der Waals surface area contributed by atoms with E-state index in [1.807, 2.05) is 0 Å². The van der Waals surface area contributed by atoms with Crippen molar-refractivity contribution in [3.05, 3.63) is 4.91 Å². The van der Waals surface area contributed by atoms with Gasteiger partial charge in [0.05, 0.1) is 6.54 Å². The van der Waals surface area contributed by atoms with Crippen LogP contribution in [0.2, 0.25) is 0 Å². The Morgan fingerprint density at radius 1 is 1.40 bits per heavy atom. The molecule has 0 aromatic rings. The van der Waals surface area contributed by atoms with E-state index in [1.165, 1.54) is 12.8 Å². The summed E-state index contributed by atoms with van der Waals surface area (Å²) in [5, 5.41) is 2.82. The second-order valence-corrected chi connectivity index (χ2v) is 2.89. The molecule has 0 aliphatic rings. The van der Waals surface area contributed by atoms with E-state index in [-0.39, 0.29) is 0 Å². The van der Waals surface area contributed by atoms with Gasteiger partial charge in [-0.15, -0.1) is 0 Å². The summed E-state index contributed by atoms with van der Waals surface area (Å²) < 4.78 is 0. The lowest BCUT2D eigenvalue weighted by Crippen LogP contribution is -1.94. The number of nitroso groups, excluding NO2 is 1. The molecule has 1 atom stereocenters. The minimum atomic E-state index is 0.494. The van der Waals surface area contributed by atoms with Gasteiger partial charge < -0.3 is 0 Å². The highest BCUT2D eigenvalue weighted by molar-refractivity contribution is 4.53. The van der Waals surface area contributed by atoms with Gasteiger partial charge in [0.2, 0.25) is 0 Å². The van der Waals surface area contributed by atoms with Gasteiger partial charge in [-0.3, -0.25) is 0 Å². The molecule has 0 saturated heterocycles. The van der Waals surface area contributed by atoms with Crippen LogP contribution in [0.4, 0.5) is 0 Å². The second kappa shape index (κ2) is 6.72. The predicted molar refractivity (Wildman–Crippen MR) is 44.0 cm³/mol. The fourth-order valence-corrected chi connectivity index (χ4v) is 1.14. The van der Waals surface area contributed by atoms with E-state index in [9.17, 15) is 4.91 Å². The lowest BCUT2D eigenvalue weighted by molar-refractivity contribution is 0.473. The molecule has 0 amide bonds. The van der Waals surface area contributed by atoms with E-state index < -0.39 is 0 Å². The Balaban J connectivity index is 3.04. The molecule has 0 bridgehead atoms. The maximum absolute atomic E-state index is 9.69. The molecule has 0 N–H and O–H groups in total.